The molecule has 0 fully saturated rings. The van der Waals surface area contributed by atoms with Gasteiger partial charge >= 0.3 is 5.97 Å². The van der Waals surface area contributed by atoms with Crippen LogP contribution in [0.3, 0.4) is 0 Å². The number of nitrogens with zero attached hydrogens (tertiary/aromatic N) is 1. The van der Waals surface area contributed by atoms with Crippen molar-refractivity contribution < 1.29 is 9.90 Å². The minimum atomic E-state index is -0.997. The molecule has 0 saturated heterocycles. The van der Waals surface area contributed by atoms with E-state index in [-0.39, 0.29) is 10.9 Å². The Morgan fingerprint density at radius 2 is 2.50 bits per heavy atom. The summed E-state index contributed by atoms with van der Waals surface area (Å²) in [5.41, 5.74) is 0.157. The molecule has 0 aliphatic carbocycles. The van der Waals surface area contributed by atoms with E-state index in [0.717, 1.165) is 0 Å². The summed E-state index contributed by atoms with van der Waals surface area (Å²) in [6, 6.07) is 3.08. The van der Waals surface area contributed by atoms with Crippen LogP contribution in [0, 0.1) is 0 Å². The maximum atomic E-state index is 10.8. The van der Waals surface area contributed by atoms with E-state index in [1.165, 1.54) is 12.3 Å². The van der Waals surface area contributed by atoms with E-state index in [1.54, 1.807) is 6.07 Å². The summed E-state index contributed by atoms with van der Waals surface area (Å²) in [5, 5.41) is 11.6. The van der Waals surface area contributed by atoms with Gasteiger partial charge in [-0.2, -0.15) is 0 Å². The fraction of sp³-hybridized carbons (Fsp3) is 0.333. The van der Waals surface area contributed by atoms with Crippen molar-refractivity contribution >= 4 is 23.4 Å². The van der Waals surface area contributed by atoms with Crippen molar-refractivity contribution in [2.24, 2.45) is 0 Å². The van der Waals surface area contributed by atoms with Gasteiger partial charge in [-0.1, -0.05) is 0 Å². The number of rotatable bonds is 4. The molecule has 0 bridgehead atoms. The van der Waals surface area contributed by atoms with Gasteiger partial charge in [0.1, 0.15) is 11.4 Å². The lowest BCUT2D eigenvalue weighted by Crippen LogP contribution is -2.14. The molecule has 0 spiro atoms. The molecule has 5 heteroatoms. The van der Waals surface area contributed by atoms with Crippen LogP contribution in [0.1, 0.15) is 17.3 Å². The molecule has 0 aromatic carbocycles. The van der Waals surface area contributed by atoms with Crippen LogP contribution in [0.5, 0.6) is 0 Å². The van der Waals surface area contributed by atoms with Crippen LogP contribution in [0.15, 0.2) is 18.3 Å². The van der Waals surface area contributed by atoms with Crippen molar-refractivity contribution in [2.45, 2.75) is 12.3 Å². The maximum Gasteiger partial charge on any atom is 0.339 e. The van der Waals surface area contributed by atoms with Crippen LogP contribution >= 0.6 is 11.6 Å². The number of carbonyl (C=O) groups is 1. The van der Waals surface area contributed by atoms with Crippen LogP contribution in [-0.2, 0) is 0 Å². The summed E-state index contributed by atoms with van der Waals surface area (Å²) >= 11 is 5.72. The molecule has 0 amide bonds. The van der Waals surface area contributed by atoms with Gasteiger partial charge in [0.15, 0.2) is 0 Å². The second-order valence-electron chi connectivity index (χ2n) is 2.87. The van der Waals surface area contributed by atoms with Gasteiger partial charge in [0.2, 0.25) is 0 Å². The Balaban J connectivity index is 2.79. The Labute approximate surface area is 86.9 Å². The second kappa shape index (κ2) is 4.81. The number of aromatic nitrogens is 1. The average molecular weight is 215 g/mol. The minimum absolute atomic E-state index is 0.0707. The molecule has 76 valence electrons. The van der Waals surface area contributed by atoms with Gasteiger partial charge < -0.3 is 10.4 Å². The largest absolute Gasteiger partial charge is 0.478 e. The standard InChI is InChI=1S/C9H11ClN2O2/c1-6(10)5-12-8-7(9(13)14)3-2-4-11-8/h2-4,6H,5H2,1H3,(H,11,12)(H,13,14). The number of carboxylic acid groups (broad SMARTS) is 1. The molecule has 1 aromatic rings. The fourth-order valence-electron chi connectivity index (χ4n) is 0.956. The third kappa shape index (κ3) is 2.88. The van der Waals surface area contributed by atoms with E-state index in [4.69, 9.17) is 16.7 Å². The van der Waals surface area contributed by atoms with E-state index in [1.807, 2.05) is 6.92 Å². The molecular weight excluding hydrogens is 204 g/mol. The van der Waals surface area contributed by atoms with Crippen LogP contribution in [-0.4, -0.2) is 28.0 Å². The van der Waals surface area contributed by atoms with Crippen molar-refractivity contribution in [3.63, 3.8) is 0 Å². The number of alkyl halides is 1. The summed E-state index contributed by atoms with van der Waals surface area (Å²) < 4.78 is 0. The number of aromatic carboxylic acids is 1. The molecule has 1 aromatic heterocycles. The maximum absolute atomic E-state index is 10.8. The zero-order chi connectivity index (χ0) is 10.6. The summed E-state index contributed by atoms with van der Waals surface area (Å²) in [5.74, 6) is -0.643. The number of hydrogen-bond acceptors (Lipinski definition) is 3. The Morgan fingerprint density at radius 3 is 3.07 bits per heavy atom. The van der Waals surface area contributed by atoms with Gasteiger partial charge in [-0.05, 0) is 19.1 Å². The van der Waals surface area contributed by atoms with Gasteiger partial charge in [0.25, 0.3) is 0 Å². The number of carboxylic acids is 1. The zero-order valence-electron chi connectivity index (χ0n) is 7.70. The average Bonchev–Trinajstić information content (AvgIpc) is 2.15. The normalized spacial score (nSPS) is 12.1. The van der Waals surface area contributed by atoms with E-state index < -0.39 is 5.97 Å². The topological polar surface area (TPSA) is 62.2 Å². The van der Waals surface area contributed by atoms with Crippen molar-refractivity contribution in [3.05, 3.63) is 23.9 Å². The minimum Gasteiger partial charge on any atom is -0.478 e. The van der Waals surface area contributed by atoms with E-state index in [9.17, 15) is 4.79 Å². The monoisotopic (exact) mass is 214 g/mol. The second-order valence-corrected chi connectivity index (χ2v) is 3.61. The highest BCUT2D eigenvalue weighted by atomic mass is 35.5. The Morgan fingerprint density at radius 1 is 1.79 bits per heavy atom. The van der Waals surface area contributed by atoms with E-state index in [0.29, 0.717) is 12.4 Å². The Hall–Kier alpha value is -1.29. The lowest BCUT2D eigenvalue weighted by Gasteiger charge is -2.08. The third-order valence-corrected chi connectivity index (χ3v) is 1.74. The number of halogens is 1. The number of nitrogens with one attached hydrogen (secondary N) is 1. The summed E-state index contributed by atoms with van der Waals surface area (Å²) in [6.07, 6.45) is 1.54. The predicted molar refractivity (Wildman–Crippen MR) is 55.0 cm³/mol. The summed E-state index contributed by atoms with van der Waals surface area (Å²) in [6.45, 7) is 2.30. The van der Waals surface area contributed by atoms with Crippen LogP contribution in [0.4, 0.5) is 5.82 Å². The van der Waals surface area contributed by atoms with Gasteiger partial charge in [0.05, 0.1) is 0 Å². The van der Waals surface area contributed by atoms with Crippen molar-refractivity contribution in [3.8, 4) is 0 Å². The predicted octanol–water partition coefficient (Wildman–Crippen LogP) is 1.82. The number of anilines is 1. The molecule has 14 heavy (non-hydrogen) atoms. The smallest absolute Gasteiger partial charge is 0.339 e. The van der Waals surface area contributed by atoms with Gasteiger partial charge in [-0.3, -0.25) is 0 Å². The van der Waals surface area contributed by atoms with E-state index in [2.05, 4.69) is 10.3 Å². The molecule has 4 nitrogen and oxygen atoms in total. The van der Waals surface area contributed by atoms with Gasteiger partial charge in [0, 0.05) is 18.1 Å². The van der Waals surface area contributed by atoms with Crippen molar-refractivity contribution in [1.82, 2.24) is 4.98 Å². The van der Waals surface area contributed by atoms with Crippen LogP contribution in [0.2, 0.25) is 0 Å². The molecule has 0 saturated carbocycles. The first kappa shape index (κ1) is 10.8. The molecule has 1 atom stereocenters. The Bertz CT molecular complexity index is 328. The highest BCUT2D eigenvalue weighted by molar-refractivity contribution is 6.20. The molecular formula is C9H11ClN2O2. The molecule has 0 aliphatic rings. The molecule has 2 N–H and O–H groups in total. The summed E-state index contributed by atoms with van der Waals surface area (Å²) in [7, 11) is 0. The number of hydrogen-bond donors (Lipinski definition) is 2. The van der Waals surface area contributed by atoms with Crippen LogP contribution < -0.4 is 5.32 Å². The van der Waals surface area contributed by atoms with Crippen LogP contribution in [0.25, 0.3) is 0 Å². The zero-order valence-corrected chi connectivity index (χ0v) is 8.45. The third-order valence-electron chi connectivity index (χ3n) is 1.59. The first-order chi connectivity index (χ1) is 6.61. The molecule has 1 heterocycles. The lowest BCUT2D eigenvalue weighted by atomic mass is 10.2. The molecule has 1 unspecified atom stereocenters. The van der Waals surface area contributed by atoms with Gasteiger partial charge in [-0.25, -0.2) is 9.78 Å². The van der Waals surface area contributed by atoms with Crippen molar-refractivity contribution in [1.29, 1.82) is 0 Å². The molecule has 0 radical (unpaired) electrons. The molecule has 1 rings (SSSR count). The fourth-order valence-corrected chi connectivity index (χ4v) is 1.03. The highest BCUT2D eigenvalue weighted by Gasteiger charge is 2.10. The SMILES string of the molecule is CC(Cl)CNc1ncccc1C(=O)O. The highest BCUT2D eigenvalue weighted by Crippen LogP contribution is 2.11. The molecule has 0 aliphatic heterocycles. The Kier molecular flexibility index (Phi) is 3.71. The quantitative estimate of drug-likeness (QED) is 0.751. The first-order valence-corrected chi connectivity index (χ1v) is 4.61. The summed E-state index contributed by atoms with van der Waals surface area (Å²) in [4.78, 5) is 14.7. The van der Waals surface area contributed by atoms with Crippen molar-refractivity contribution in [2.75, 3.05) is 11.9 Å². The lowest BCUT2D eigenvalue weighted by molar-refractivity contribution is 0.0697. The number of pyridine rings is 1. The van der Waals surface area contributed by atoms with E-state index >= 15 is 0 Å². The first-order valence-electron chi connectivity index (χ1n) is 4.17. The van der Waals surface area contributed by atoms with Gasteiger partial charge in [-0.15, -0.1) is 11.6 Å².